The summed E-state index contributed by atoms with van der Waals surface area (Å²) in [5.74, 6) is 0.528. The first kappa shape index (κ1) is 15.8. The molecular weight excluding hydrogens is 308 g/mol. The van der Waals surface area contributed by atoms with Crippen molar-refractivity contribution in [3.05, 3.63) is 50.7 Å². The molecule has 0 spiro atoms. The number of hydrogen-bond acceptors (Lipinski definition) is 6. The summed E-state index contributed by atoms with van der Waals surface area (Å²) in [6.07, 6.45) is 0. The van der Waals surface area contributed by atoms with Crippen molar-refractivity contribution in [3.8, 4) is 5.75 Å². The van der Waals surface area contributed by atoms with Gasteiger partial charge in [0.05, 0.1) is 12.9 Å². The van der Waals surface area contributed by atoms with Crippen LogP contribution in [-0.2, 0) is 11.3 Å². The van der Waals surface area contributed by atoms with Crippen LogP contribution in [0.2, 0.25) is 0 Å². The maximum atomic E-state index is 11.7. The van der Waals surface area contributed by atoms with Crippen molar-refractivity contribution in [3.63, 3.8) is 0 Å². The van der Waals surface area contributed by atoms with Gasteiger partial charge in [-0.25, -0.2) is 9.89 Å². The third kappa shape index (κ3) is 4.48. The molecular formula is C13H14N4O4S. The molecule has 0 aliphatic rings. The predicted molar refractivity (Wildman–Crippen MR) is 81.0 cm³/mol. The summed E-state index contributed by atoms with van der Waals surface area (Å²) < 4.78 is 5.05. The number of nitrogens with zero attached hydrogens (tertiary/aromatic N) is 1. The molecule has 0 aliphatic carbocycles. The van der Waals surface area contributed by atoms with Crippen molar-refractivity contribution in [1.29, 1.82) is 0 Å². The molecule has 0 saturated heterocycles. The number of aromatic nitrogens is 3. The highest BCUT2D eigenvalue weighted by Gasteiger charge is 2.07. The summed E-state index contributed by atoms with van der Waals surface area (Å²) in [5, 5.41) is 8.45. The van der Waals surface area contributed by atoms with Gasteiger partial charge in [-0.05, 0) is 17.7 Å². The summed E-state index contributed by atoms with van der Waals surface area (Å²) in [6, 6.07) is 7.31. The zero-order chi connectivity index (χ0) is 15.9. The molecule has 0 atom stereocenters. The lowest BCUT2D eigenvalue weighted by atomic mass is 10.2. The minimum absolute atomic E-state index is 0.0261. The zero-order valence-electron chi connectivity index (χ0n) is 11.7. The second kappa shape index (κ2) is 7.46. The highest BCUT2D eigenvalue weighted by molar-refractivity contribution is 7.99. The van der Waals surface area contributed by atoms with Gasteiger partial charge in [0.1, 0.15) is 5.75 Å². The molecule has 9 heteroatoms. The molecule has 8 nitrogen and oxygen atoms in total. The topological polar surface area (TPSA) is 117 Å². The van der Waals surface area contributed by atoms with E-state index >= 15 is 0 Å². The molecule has 0 bridgehead atoms. The molecule has 0 aliphatic heterocycles. The molecule has 2 rings (SSSR count). The largest absolute Gasteiger partial charge is 0.497 e. The Morgan fingerprint density at radius 3 is 2.68 bits per heavy atom. The van der Waals surface area contributed by atoms with Crippen LogP contribution < -0.4 is 21.3 Å². The number of carbonyl (C=O) groups is 1. The van der Waals surface area contributed by atoms with E-state index in [2.05, 4.69) is 15.5 Å². The van der Waals surface area contributed by atoms with Crippen LogP contribution in [0.1, 0.15) is 5.56 Å². The van der Waals surface area contributed by atoms with Crippen LogP contribution in [0.4, 0.5) is 0 Å². The average molecular weight is 322 g/mol. The van der Waals surface area contributed by atoms with Crippen molar-refractivity contribution in [2.24, 2.45) is 0 Å². The number of hydrogen-bond donors (Lipinski definition) is 3. The molecule has 22 heavy (non-hydrogen) atoms. The molecule has 1 aromatic heterocycles. The lowest BCUT2D eigenvalue weighted by molar-refractivity contribution is -0.118. The van der Waals surface area contributed by atoms with Crippen LogP contribution in [0.3, 0.4) is 0 Å². The van der Waals surface area contributed by atoms with Gasteiger partial charge in [-0.2, -0.15) is 5.10 Å². The van der Waals surface area contributed by atoms with Gasteiger partial charge in [0.15, 0.2) is 5.03 Å². The van der Waals surface area contributed by atoms with Gasteiger partial charge >= 0.3 is 5.69 Å². The van der Waals surface area contributed by atoms with Gasteiger partial charge in [0.2, 0.25) is 5.91 Å². The normalized spacial score (nSPS) is 10.2. The van der Waals surface area contributed by atoms with Gasteiger partial charge in [-0.15, -0.1) is 0 Å². The zero-order valence-corrected chi connectivity index (χ0v) is 12.5. The summed E-state index contributed by atoms with van der Waals surface area (Å²) in [6.45, 7) is 0.374. The number of benzene rings is 1. The van der Waals surface area contributed by atoms with Gasteiger partial charge in [0, 0.05) is 6.54 Å². The standard InChI is InChI=1S/C13H14N4O4S/c1-21-9-4-2-8(3-5-9)6-14-10(18)7-22-12-11(19)15-13(20)17-16-12/h2-5H,6-7H2,1H3,(H,14,18)(H2,15,17,19,20). The van der Waals surface area contributed by atoms with E-state index in [9.17, 15) is 14.4 Å². The number of rotatable bonds is 6. The molecule has 0 radical (unpaired) electrons. The predicted octanol–water partition coefficient (Wildman–Crippen LogP) is -0.125. The molecule has 1 amide bonds. The molecule has 1 aromatic carbocycles. The van der Waals surface area contributed by atoms with Crippen LogP contribution in [0, 0.1) is 0 Å². The van der Waals surface area contributed by atoms with Gasteiger partial charge < -0.3 is 10.1 Å². The first-order valence-electron chi connectivity index (χ1n) is 6.30. The van der Waals surface area contributed by atoms with E-state index in [1.54, 1.807) is 19.2 Å². The van der Waals surface area contributed by atoms with E-state index in [4.69, 9.17) is 4.74 Å². The first-order valence-corrected chi connectivity index (χ1v) is 7.28. The maximum Gasteiger partial charge on any atom is 0.342 e. The van der Waals surface area contributed by atoms with Crippen molar-refractivity contribution in [1.82, 2.24) is 20.5 Å². The minimum atomic E-state index is -0.682. The van der Waals surface area contributed by atoms with Crippen molar-refractivity contribution in [2.45, 2.75) is 11.6 Å². The summed E-state index contributed by atoms with van der Waals surface area (Å²) >= 11 is 0.948. The number of amides is 1. The average Bonchev–Trinajstić information content (AvgIpc) is 2.52. The Balaban J connectivity index is 1.82. The van der Waals surface area contributed by atoms with Gasteiger partial charge in [-0.3, -0.25) is 14.6 Å². The van der Waals surface area contributed by atoms with Gasteiger partial charge in [-0.1, -0.05) is 23.9 Å². The van der Waals surface area contributed by atoms with Crippen LogP contribution in [0.15, 0.2) is 38.9 Å². The van der Waals surface area contributed by atoms with Crippen LogP contribution in [0.25, 0.3) is 0 Å². The number of ether oxygens (including phenoxy) is 1. The van der Waals surface area contributed by atoms with Crippen molar-refractivity contribution in [2.75, 3.05) is 12.9 Å². The number of carbonyl (C=O) groups excluding carboxylic acids is 1. The lowest BCUT2D eigenvalue weighted by Crippen LogP contribution is -2.27. The van der Waals surface area contributed by atoms with E-state index < -0.39 is 11.2 Å². The highest BCUT2D eigenvalue weighted by atomic mass is 32.2. The summed E-state index contributed by atoms with van der Waals surface area (Å²) in [5.41, 5.74) is -0.367. The van der Waals surface area contributed by atoms with E-state index in [0.29, 0.717) is 6.54 Å². The van der Waals surface area contributed by atoms with Crippen molar-refractivity contribution >= 4 is 17.7 Å². The Labute approximate surface area is 129 Å². The van der Waals surface area contributed by atoms with E-state index in [1.807, 2.05) is 17.1 Å². The fraction of sp³-hybridized carbons (Fsp3) is 0.231. The molecule has 3 N–H and O–H groups in total. The number of aromatic amines is 2. The number of nitrogens with one attached hydrogen (secondary N) is 3. The molecule has 0 saturated carbocycles. The molecule has 0 unspecified atom stereocenters. The summed E-state index contributed by atoms with van der Waals surface area (Å²) in [4.78, 5) is 36.0. The lowest BCUT2D eigenvalue weighted by Gasteiger charge is -2.06. The molecule has 116 valence electrons. The Hall–Kier alpha value is -2.55. The summed E-state index contributed by atoms with van der Waals surface area (Å²) in [7, 11) is 1.58. The van der Waals surface area contributed by atoms with Crippen molar-refractivity contribution < 1.29 is 9.53 Å². The van der Waals surface area contributed by atoms with Crippen LogP contribution in [0.5, 0.6) is 5.75 Å². The molecule has 2 aromatic rings. The first-order chi connectivity index (χ1) is 10.6. The second-order valence-electron chi connectivity index (χ2n) is 4.23. The number of thioether (sulfide) groups is 1. The third-order valence-electron chi connectivity index (χ3n) is 2.67. The Bertz CT molecular complexity index is 754. The highest BCUT2D eigenvalue weighted by Crippen LogP contribution is 2.11. The Morgan fingerprint density at radius 2 is 2.05 bits per heavy atom. The Morgan fingerprint density at radius 1 is 1.32 bits per heavy atom. The molecule has 0 fully saturated rings. The van der Waals surface area contributed by atoms with Crippen LogP contribution in [-0.4, -0.2) is 34.0 Å². The van der Waals surface area contributed by atoms with E-state index in [1.165, 1.54) is 0 Å². The smallest absolute Gasteiger partial charge is 0.342 e. The fourth-order valence-corrected chi connectivity index (χ4v) is 2.23. The van der Waals surface area contributed by atoms with E-state index in [0.717, 1.165) is 23.1 Å². The van der Waals surface area contributed by atoms with Crippen LogP contribution >= 0.6 is 11.8 Å². The monoisotopic (exact) mass is 322 g/mol. The van der Waals surface area contributed by atoms with Gasteiger partial charge in [0.25, 0.3) is 5.56 Å². The number of methoxy groups -OCH3 is 1. The Kier molecular flexibility index (Phi) is 5.37. The molecule has 1 heterocycles. The fourth-order valence-electron chi connectivity index (χ4n) is 1.56. The quantitative estimate of drug-likeness (QED) is 0.638. The second-order valence-corrected chi connectivity index (χ2v) is 5.19. The maximum absolute atomic E-state index is 11.7. The minimum Gasteiger partial charge on any atom is -0.497 e. The van der Waals surface area contributed by atoms with E-state index in [-0.39, 0.29) is 16.7 Å². The SMILES string of the molecule is COc1ccc(CNC(=O)CSc2n[nH]c(=O)[nH]c2=O)cc1. The third-order valence-corrected chi connectivity index (χ3v) is 3.63. The number of H-pyrrole nitrogens is 2.